The molecule has 0 aliphatic carbocycles. The summed E-state index contributed by atoms with van der Waals surface area (Å²) in [5.74, 6) is 0.337. The smallest absolute Gasteiger partial charge is 0.417 e. The monoisotopic (exact) mass is 310 g/mol. The van der Waals surface area contributed by atoms with Crippen LogP contribution in [0.15, 0.2) is 36.4 Å². The van der Waals surface area contributed by atoms with Crippen LogP contribution in [0.2, 0.25) is 0 Å². The van der Waals surface area contributed by atoms with Crippen molar-refractivity contribution in [3.05, 3.63) is 47.5 Å². The Kier molecular flexibility index (Phi) is 4.40. The number of hydrogen-bond acceptors (Lipinski definition) is 3. The van der Waals surface area contributed by atoms with Crippen molar-refractivity contribution < 1.29 is 27.4 Å². The predicted octanol–water partition coefficient (Wildman–Crippen LogP) is 4.20. The van der Waals surface area contributed by atoms with Crippen molar-refractivity contribution in [1.82, 2.24) is 0 Å². The molecule has 0 amide bonds. The Morgan fingerprint density at radius 3 is 2.27 bits per heavy atom. The number of benzene rings is 2. The number of halogens is 3. The molecule has 3 nitrogen and oxygen atoms in total. The Balaban J connectivity index is 2.64. The van der Waals surface area contributed by atoms with Gasteiger partial charge in [-0.2, -0.15) is 13.2 Å². The van der Waals surface area contributed by atoms with Crippen molar-refractivity contribution in [3.8, 4) is 22.6 Å². The van der Waals surface area contributed by atoms with Gasteiger partial charge in [-0.05, 0) is 35.4 Å². The molecule has 0 saturated carbocycles. The lowest BCUT2D eigenvalue weighted by Gasteiger charge is -2.15. The third-order valence-electron chi connectivity index (χ3n) is 3.20. The second-order valence-corrected chi connectivity index (χ2v) is 4.48. The number of ether oxygens (including phenoxy) is 2. The van der Waals surface area contributed by atoms with E-state index in [0.29, 0.717) is 11.8 Å². The SMILES string of the molecule is COc1ccc(-c2ccc(C=O)c(OC)c2)c(C(F)(F)F)c1. The van der Waals surface area contributed by atoms with Crippen LogP contribution in [-0.2, 0) is 6.18 Å². The van der Waals surface area contributed by atoms with Crippen molar-refractivity contribution in [1.29, 1.82) is 0 Å². The number of methoxy groups -OCH3 is 2. The maximum atomic E-state index is 13.2. The third-order valence-corrected chi connectivity index (χ3v) is 3.20. The molecule has 0 unspecified atom stereocenters. The minimum Gasteiger partial charge on any atom is -0.497 e. The van der Waals surface area contributed by atoms with E-state index in [4.69, 9.17) is 9.47 Å². The zero-order valence-corrected chi connectivity index (χ0v) is 11.9. The summed E-state index contributed by atoms with van der Waals surface area (Å²) in [6.07, 6.45) is -3.94. The van der Waals surface area contributed by atoms with Gasteiger partial charge in [0.25, 0.3) is 0 Å². The minimum absolute atomic E-state index is 0.0101. The summed E-state index contributed by atoms with van der Waals surface area (Å²) < 4.78 is 49.6. The number of alkyl halides is 3. The molecule has 0 N–H and O–H groups in total. The van der Waals surface area contributed by atoms with Gasteiger partial charge in [-0.1, -0.05) is 12.1 Å². The van der Waals surface area contributed by atoms with Crippen molar-refractivity contribution in [2.24, 2.45) is 0 Å². The Bertz CT molecular complexity index is 694. The van der Waals surface area contributed by atoms with Crippen LogP contribution in [0.3, 0.4) is 0 Å². The van der Waals surface area contributed by atoms with Crippen LogP contribution in [-0.4, -0.2) is 20.5 Å². The van der Waals surface area contributed by atoms with Gasteiger partial charge in [0.2, 0.25) is 0 Å². The highest BCUT2D eigenvalue weighted by Crippen LogP contribution is 2.40. The lowest BCUT2D eigenvalue weighted by Crippen LogP contribution is -2.07. The van der Waals surface area contributed by atoms with E-state index < -0.39 is 11.7 Å². The lowest BCUT2D eigenvalue weighted by atomic mass is 9.97. The molecule has 22 heavy (non-hydrogen) atoms. The molecular weight excluding hydrogens is 297 g/mol. The third kappa shape index (κ3) is 3.05. The highest BCUT2D eigenvalue weighted by Gasteiger charge is 2.34. The van der Waals surface area contributed by atoms with Gasteiger partial charge >= 0.3 is 6.18 Å². The van der Waals surface area contributed by atoms with Crippen molar-refractivity contribution >= 4 is 6.29 Å². The molecule has 0 radical (unpaired) electrons. The molecule has 0 aromatic heterocycles. The highest BCUT2D eigenvalue weighted by atomic mass is 19.4. The first kappa shape index (κ1) is 15.9. The fourth-order valence-corrected chi connectivity index (χ4v) is 2.11. The van der Waals surface area contributed by atoms with Gasteiger partial charge in [-0.15, -0.1) is 0 Å². The van der Waals surface area contributed by atoms with Crippen LogP contribution >= 0.6 is 0 Å². The quantitative estimate of drug-likeness (QED) is 0.794. The second kappa shape index (κ2) is 6.09. The summed E-state index contributed by atoms with van der Waals surface area (Å²) in [6, 6.07) is 7.99. The van der Waals surface area contributed by atoms with Crippen molar-refractivity contribution in [2.45, 2.75) is 6.18 Å². The fourth-order valence-electron chi connectivity index (χ4n) is 2.11. The summed E-state index contributed by atoms with van der Waals surface area (Å²) in [4.78, 5) is 10.9. The second-order valence-electron chi connectivity index (χ2n) is 4.48. The predicted molar refractivity (Wildman–Crippen MR) is 75.4 cm³/mol. The normalized spacial score (nSPS) is 11.1. The van der Waals surface area contributed by atoms with Crippen LogP contribution in [0.5, 0.6) is 11.5 Å². The van der Waals surface area contributed by atoms with Crippen LogP contribution < -0.4 is 9.47 Å². The highest BCUT2D eigenvalue weighted by molar-refractivity contribution is 5.82. The molecule has 0 fully saturated rings. The molecule has 0 aliphatic heterocycles. The molecule has 0 atom stereocenters. The van der Waals surface area contributed by atoms with E-state index in [2.05, 4.69) is 0 Å². The molecule has 0 aliphatic rings. The largest absolute Gasteiger partial charge is 0.497 e. The van der Waals surface area contributed by atoms with Gasteiger partial charge in [0.05, 0.1) is 25.3 Å². The molecule has 0 saturated heterocycles. The molecule has 0 heterocycles. The topological polar surface area (TPSA) is 35.5 Å². The van der Waals surface area contributed by atoms with Crippen molar-refractivity contribution in [2.75, 3.05) is 14.2 Å². The van der Waals surface area contributed by atoms with Crippen LogP contribution in [0.1, 0.15) is 15.9 Å². The van der Waals surface area contributed by atoms with E-state index >= 15 is 0 Å². The van der Waals surface area contributed by atoms with Gasteiger partial charge in [0.15, 0.2) is 6.29 Å². The summed E-state index contributed by atoms with van der Waals surface area (Å²) >= 11 is 0. The molecule has 2 aromatic carbocycles. The zero-order valence-electron chi connectivity index (χ0n) is 11.9. The maximum Gasteiger partial charge on any atom is 0.417 e. The van der Waals surface area contributed by atoms with Gasteiger partial charge in [-0.3, -0.25) is 4.79 Å². The van der Waals surface area contributed by atoms with Crippen molar-refractivity contribution in [3.63, 3.8) is 0 Å². The Morgan fingerprint density at radius 1 is 1.00 bits per heavy atom. The standard InChI is InChI=1S/C16H13F3O3/c1-21-12-5-6-13(14(8-12)16(17,18)19)10-3-4-11(9-20)15(7-10)22-2/h3-9H,1-2H3. The average molecular weight is 310 g/mol. The number of carbonyl (C=O) groups excluding carboxylic acids is 1. The molecule has 2 aromatic rings. The summed E-state index contributed by atoms with van der Waals surface area (Å²) in [5, 5.41) is 0. The first-order valence-corrected chi connectivity index (χ1v) is 6.29. The zero-order chi connectivity index (χ0) is 16.3. The first-order valence-electron chi connectivity index (χ1n) is 6.29. The minimum atomic E-state index is -4.53. The van der Waals surface area contributed by atoms with E-state index in [9.17, 15) is 18.0 Å². The van der Waals surface area contributed by atoms with Gasteiger partial charge in [0, 0.05) is 0 Å². The number of carbonyl (C=O) groups is 1. The van der Waals surface area contributed by atoms with Gasteiger partial charge in [-0.25, -0.2) is 0 Å². The number of aldehydes is 1. The summed E-state index contributed by atoms with van der Waals surface area (Å²) in [7, 11) is 2.65. The van der Waals surface area contributed by atoms with E-state index in [1.807, 2.05) is 0 Å². The lowest BCUT2D eigenvalue weighted by molar-refractivity contribution is -0.137. The molecule has 0 spiro atoms. The van der Waals surface area contributed by atoms with E-state index in [0.717, 1.165) is 6.07 Å². The van der Waals surface area contributed by atoms with E-state index in [1.165, 1.54) is 44.6 Å². The van der Waals surface area contributed by atoms with Crippen LogP contribution in [0.25, 0.3) is 11.1 Å². The number of hydrogen-bond donors (Lipinski definition) is 0. The van der Waals surface area contributed by atoms with Crippen LogP contribution in [0, 0.1) is 0 Å². The Hall–Kier alpha value is -2.50. The van der Waals surface area contributed by atoms with Gasteiger partial charge < -0.3 is 9.47 Å². The fraction of sp³-hybridized carbons (Fsp3) is 0.188. The van der Waals surface area contributed by atoms with E-state index in [-0.39, 0.29) is 22.6 Å². The summed E-state index contributed by atoms with van der Waals surface area (Å²) in [6.45, 7) is 0. The Labute approximate surface area is 125 Å². The average Bonchev–Trinajstić information content (AvgIpc) is 2.52. The molecular formula is C16H13F3O3. The number of rotatable bonds is 4. The first-order chi connectivity index (χ1) is 10.4. The van der Waals surface area contributed by atoms with Gasteiger partial charge in [0.1, 0.15) is 11.5 Å². The Morgan fingerprint density at radius 2 is 1.73 bits per heavy atom. The molecule has 0 bridgehead atoms. The molecule has 6 heteroatoms. The molecule has 116 valence electrons. The molecule has 2 rings (SSSR count). The van der Waals surface area contributed by atoms with Crippen LogP contribution in [0.4, 0.5) is 13.2 Å². The van der Waals surface area contributed by atoms with E-state index in [1.54, 1.807) is 0 Å². The summed E-state index contributed by atoms with van der Waals surface area (Å²) in [5.41, 5.74) is -0.248. The maximum absolute atomic E-state index is 13.2.